The van der Waals surface area contributed by atoms with E-state index in [0.29, 0.717) is 12.1 Å². The number of anilines is 1. The maximum atomic E-state index is 14.3. The van der Waals surface area contributed by atoms with Crippen LogP contribution in [0.5, 0.6) is 5.75 Å². The Bertz CT molecular complexity index is 1040. The Labute approximate surface area is 211 Å². The number of hydrogen-bond acceptors (Lipinski definition) is 8. The molecule has 0 bridgehead atoms. The van der Waals surface area contributed by atoms with Gasteiger partial charge in [0.15, 0.2) is 0 Å². The lowest BCUT2D eigenvalue weighted by Crippen LogP contribution is -2.62. The van der Waals surface area contributed by atoms with Crippen LogP contribution in [0.3, 0.4) is 0 Å². The normalized spacial score (nSPS) is 30.1. The molecule has 8 nitrogen and oxygen atoms in total. The van der Waals surface area contributed by atoms with Gasteiger partial charge in [0.25, 0.3) is 0 Å². The Hall–Kier alpha value is -2.23. The topological polar surface area (TPSA) is 84.1 Å². The Kier molecular flexibility index (Phi) is 6.20. The van der Waals surface area contributed by atoms with E-state index in [4.69, 9.17) is 13.9 Å². The van der Waals surface area contributed by atoms with Crippen LogP contribution in [0.25, 0.3) is 0 Å². The van der Waals surface area contributed by atoms with Gasteiger partial charge in [0, 0.05) is 11.6 Å². The summed E-state index contributed by atoms with van der Waals surface area (Å²) >= 11 is 0. The van der Waals surface area contributed by atoms with E-state index in [9.17, 15) is 9.50 Å². The average Bonchev–Trinajstić information content (AvgIpc) is 3.51. The lowest BCUT2D eigenvalue weighted by Gasteiger charge is -2.46. The Morgan fingerprint density at radius 3 is 2.72 bits per heavy atom. The molecule has 1 aromatic carbocycles. The first-order valence-corrected chi connectivity index (χ1v) is 13.4. The van der Waals surface area contributed by atoms with E-state index in [-0.39, 0.29) is 29.4 Å². The third kappa shape index (κ3) is 4.50. The molecule has 4 heterocycles. The first-order valence-electron chi connectivity index (χ1n) is 13.4. The van der Waals surface area contributed by atoms with Gasteiger partial charge in [0.1, 0.15) is 17.2 Å². The van der Waals surface area contributed by atoms with Crippen molar-refractivity contribution < 1.29 is 23.4 Å². The molecule has 1 aromatic heterocycles. The van der Waals surface area contributed by atoms with Gasteiger partial charge in [-0.3, -0.25) is 4.90 Å². The minimum absolute atomic E-state index is 0.0957. The third-order valence-corrected chi connectivity index (χ3v) is 9.21. The highest BCUT2D eigenvalue weighted by atomic mass is 19.1. The van der Waals surface area contributed by atoms with Crippen LogP contribution in [0, 0.1) is 11.7 Å². The minimum Gasteiger partial charge on any atom is -0.490 e. The number of aliphatic hydroxyl groups is 1. The zero-order valence-electron chi connectivity index (χ0n) is 21.2. The van der Waals surface area contributed by atoms with Crippen molar-refractivity contribution in [3.63, 3.8) is 0 Å². The second-order valence-corrected chi connectivity index (χ2v) is 11.5. The zero-order chi connectivity index (χ0) is 24.9. The maximum absolute atomic E-state index is 14.3. The number of piperidine rings is 1. The van der Waals surface area contributed by atoms with E-state index >= 15 is 0 Å². The summed E-state index contributed by atoms with van der Waals surface area (Å²) in [5.41, 5.74) is 0.252. The van der Waals surface area contributed by atoms with Gasteiger partial charge < -0.3 is 23.9 Å². The van der Waals surface area contributed by atoms with Crippen LogP contribution >= 0.6 is 0 Å². The van der Waals surface area contributed by atoms with Crippen LogP contribution < -0.4 is 9.64 Å². The molecule has 0 unspecified atom stereocenters. The molecule has 3 saturated heterocycles. The molecule has 9 heteroatoms. The van der Waals surface area contributed by atoms with Gasteiger partial charge in [0.05, 0.1) is 31.4 Å². The van der Waals surface area contributed by atoms with Gasteiger partial charge >= 0.3 is 6.01 Å². The Morgan fingerprint density at radius 1 is 1.25 bits per heavy atom. The summed E-state index contributed by atoms with van der Waals surface area (Å²) in [5.74, 6) is 1.16. The first-order chi connectivity index (χ1) is 17.3. The van der Waals surface area contributed by atoms with Crippen molar-refractivity contribution in [3.8, 4) is 5.75 Å². The number of likely N-dealkylation sites (tertiary alicyclic amines) is 1. The molecule has 1 N–H and O–H groups in total. The molecule has 4 fully saturated rings. The van der Waals surface area contributed by atoms with Crippen molar-refractivity contribution in [1.29, 1.82) is 0 Å². The lowest BCUT2D eigenvalue weighted by atomic mass is 9.70. The van der Waals surface area contributed by atoms with Crippen LogP contribution in [-0.4, -0.2) is 76.3 Å². The van der Waals surface area contributed by atoms with Crippen molar-refractivity contribution >= 4 is 6.01 Å². The van der Waals surface area contributed by atoms with Crippen molar-refractivity contribution in [3.05, 3.63) is 36.0 Å². The predicted octanol–water partition coefficient (Wildman–Crippen LogP) is 3.75. The van der Waals surface area contributed by atoms with Gasteiger partial charge in [-0.25, -0.2) is 4.39 Å². The van der Waals surface area contributed by atoms with Crippen LogP contribution in [0.15, 0.2) is 29.0 Å². The van der Waals surface area contributed by atoms with Gasteiger partial charge in [-0.1, -0.05) is 12.0 Å². The highest BCUT2D eigenvalue weighted by molar-refractivity contribution is 5.38. The van der Waals surface area contributed by atoms with E-state index < -0.39 is 5.60 Å². The van der Waals surface area contributed by atoms with E-state index in [1.54, 1.807) is 12.1 Å². The molecule has 2 aromatic rings. The number of nitrogens with zero attached hydrogens (tertiary/aromatic N) is 4. The molecule has 6 rings (SSSR count). The molecule has 0 radical (unpaired) electrons. The summed E-state index contributed by atoms with van der Waals surface area (Å²) in [4.78, 5) is 4.62. The Balaban J connectivity index is 1.03. The van der Waals surface area contributed by atoms with Crippen molar-refractivity contribution in [2.24, 2.45) is 5.92 Å². The van der Waals surface area contributed by atoms with Crippen LogP contribution in [-0.2, 0) is 4.74 Å². The molecule has 1 spiro atoms. The summed E-state index contributed by atoms with van der Waals surface area (Å²) in [6.45, 7) is 8.22. The fourth-order valence-electron chi connectivity index (χ4n) is 6.52. The molecule has 1 aliphatic carbocycles. The SMILES string of the molecule is CC[C@](C)(O)C1CC(Oc2ccc(F)cc2C2CCN([C@@H]3COC4(C3)CN(c3nnco3)C4)CC2)C1. The number of aromatic nitrogens is 2. The molecule has 36 heavy (non-hydrogen) atoms. The quantitative estimate of drug-likeness (QED) is 0.616. The van der Waals surface area contributed by atoms with E-state index in [1.807, 2.05) is 13.8 Å². The number of halogens is 1. The van der Waals surface area contributed by atoms with Gasteiger partial charge in [-0.2, -0.15) is 0 Å². The monoisotopic (exact) mass is 500 g/mol. The van der Waals surface area contributed by atoms with Gasteiger partial charge in [0.2, 0.25) is 6.39 Å². The smallest absolute Gasteiger partial charge is 0.318 e. The molecule has 3 aliphatic heterocycles. The fourth-order valence-corrected chi connectivity index (χ4v) is 6.52. The van der Waals surface area contributed by atoms with E-state index in [0.717, 1.165) is 82.6 Å². The predicted molar refractivity (Wildman–Crippen MR) is 132 cm³/mol. The van der Waals surface area contributed by atoms with Gasteiger partial charge in [-0.15, -0.1) is 5.10 Å². The fraction of sp³-hybridized carbons (Fsp3) is 0.704. The molecular weight excluding hydrogens is 463 g/mol. The minimum atomic E-state index is -0.633. The summed E-state index contributed by atoms with van der Waals surface area (Å²) < 4.78 is 32.2. The van der Waals surface area contributed by atoms with Crippen LogP contribution in [0.2, 0.25) is 0 Å². The zero-order valence-corrected chi connectivity index (χ0v) is 21.2. The summed E-state index contributed by atoms with van der Waals surface area (Å²) in [7, 11) is 0. The molecule has 4 aliphatic rings. The van der Waals surface area contributed by atoms with Crippen molar-refractivity contribution in [1.82, 2.24) is 15.1 Å². The maximum Gasteiger partial charge on any atom is 0.318 e. The second-order valence-electron chi connectivity index (χ2n) is 11.5. The number of hydrogen-bond donors (Lipinski definition) is 1. The number of ether oxygens (including phenoxy) is 2. The molecular formula is C27H37FN4O4. The summed E-state index contributed by atoms with van der Waals surface area (Å²) in [5, 5.41) is 18.3. The van der Waals surface area contributed by atoms with Crippen molar-refractivity contribution in [2.75, 3.05) is 37.7 Å². The molecule has 2 atom stereocenters. The van der Waals surface area contributed by atoms with Crippen molar-refractivity contribution in [2.45, 2.75) is 81.6 Å². The molecule has 1 saturated carbocycles. The lowest BCUT2D eigenvalue weighted by molar-refractivity contribution is -0.0810. The van der Waals surface area contributed by atoms with E-state index in [2.05, 4.69) is 20.0 Å². The Morgan fingerprint density at radius 2 is 2.03 bits per heavy atom. The van der Waals surface area contributed by atoms with Crippen LogP contribution in [0.1, 0.15) is 63.9 Å². The van der Waals surface area contributed by atoms with Crippen LogP contribution in [0.4, 0.5) is 10.4 Å². The van der Waals surface area contributed by atoms with E-state index in [1.165, 1.54) is 12.5 Å². The standard InChI is InChI=1S/C27H37FN4O4/c1-3-26(2,33)19-10-22(11-19)36-24-5-4-20(28)12-23(24)18-6-8-31(9-7-18)21-13-27(35-14-21)15-32(16-27)25-30-29-17-34-25/h4-5,12,17-19,21-22,33H,3,6-11,13-16H2,1-2H3/t19?,21-,22?,26-/m0/s1. The summed E-state index contributed by atoms with van der Waals surface area (Å²) in [6.07, 6.45) is 6.88. The van der Waals surface area contributed by atoms with Gasteiger partial charge in [-0.05, 0) is 88.6 Å². The number of benzene rings is 1. The highest BCUT2D eigenvalue weighted by Crippen LogP contribution is 2.44. The second kappa shape index (κ2) is 9.26. The summed E-state index contributed by atoms with van der Waals surface area (Å²) in [6, 6.07) is 5.94. The first kappa shape index (κ1) is 24.1. The third-order valence-electron chi connectivity index (χ3n) is 9.21. The molecule has 196 valence electrons. The highest BCUT2D eigenvalue weighted by Gasteiger charge is 2.52. The average molecular weight is 501 g/mol. The largest absolute Gasteiger partial charge is 0.490 e. The molecule has 0 amide bonds. The number of rotatable bonds is 7.